The number of benzene rings is 1. The molecule has 1 amide bonds. The maximum atomic E-state index is 12.8. The molecule has 0 spiro atoms. The number of hydrogen-bond acceptors (Lipinski definition) is 3. The van der Waals surface area contributed by atoms with Crippen molar-refractivity contribution in [2.24, 2.45) is 5.92 Å². The Kier molecular flexibility index (Phi) is 4.68. The van der Waals surface area contributed by atoms with Crippen molar-refractivity contribution in [2.45, 2.75) is 13.3 Å². The van der Waals surface area contributed by atoms with Crippen LogP contribution in [0.25, 0.3) is 5.69 Å². The van der Waals surface area contributed by atoms with Crippen LogP contribution in [-0.2, 0) is 0 Å². The molecular formula is C17H21ClN4O. The molecule has 1 saturated heterocycles. The molecule has 1 aliphatic heterocycles. The van der Waals surface area contributed by atoms with Crippen LogP contribution in [0.1, 0.15) is 22.5 Å². The Morgan fingerprint density at radius 3 is 3.04 bits per heavy atom. The topological polar surface area (TPSA) is 50.2 Å². The van der Waals surface area contributed by atoms with E-state index in [0.717, 1.165) is 37.4 Å². The van der Waals surface area contributed by atoms with Gasteiger partial charge < -0.3 is 10.2 Å². The van der Waals surface area contributed by atoms with E-state index in [-0.39, 0.29) is 5.91 Å². The van der Waals surface area contributed by atoms with Crippen molar-refractivity contribution in [3.8, 4) is 5.69 Å². The van der Waals surface area contributed by atoms with Gasteiger partial charge in [0.2, 0.25) is 0 Å². The highest BCUT2D eigenvalue weighted by atomic mass is 35.5. The van der Waals surface area contributed by atoms with E-state index in [4.69, 9.17) is 11.6 Å². The number of amides is 1. The lowest BCUT2D eigenvalue weighted by molar-refractivity contribution is 0.0786. The van der Waals surface area contributed by atoms with E-state index >= 15 is 0 Å². The van der Waals surface area contributed by atoms with Crippen molar-refractivity contribution in [1.29, 1.82) is 0 Å². The summed E-state index contributed by atoms with van der Waals surface area (Å²) in [6, 6.07) is 7.47. The van der Waals surface area contributed by atoms with Crippen molar-refractivity contribution < 1.29 is 4.79 Å². The fraction of sp³-hybridized carbons (Fsp3) is 0.412. The van der Waals surface area contributed by atoms with Crippen molar-refractivity contribution in [3.63, 3.8) is 0 Å². The first-order chi connectivity index (χ1) is 11.1. The summed E-state index contributed by atoms with van der Waals surface area (Å²) in [6.07, 6.45) is 2.71. The second kappa shape index (κ2) is 6.72. The highest BCUT2D eigenvalue weighted by molar-refractivity contribution is 6.30. The summed E-state index contributed by atoms with van der Waals surface area (Å²) >= 11 is 6.04. The summed E-state index contributed by atoms with van der Waals surface area (Å²) in [5.41, 5.74) is 2.37. The second-order valence-electron chi connectivity index (χ2n) is 6.00. The number of likely N-dealkylation sites (tertiary alicyclic amines) is 1. The first kappa shape index (κ1) is 16.0. The SMILES string of the molecule is CNC[C@H]1CCN(C(=O)c2cnn(-c3cccc(Cl)c3)c2C)C1. The number of nitrogens with one attached hydrogen (secondary N) is 1. The fourth-order valence-electron chi connectivity index (χ4n) is 3.13. The van der Waals surface area contributed by atoms with Gasteiger partial charge in [0.25, 0.3) is 5.91 Å². The first-order valence-corrected chi connectivity index (χ1v) is 8.22. The zero-order valence-electron chi connectivity index (χ0n) is 13.4. The van der Waals surface area contributed by atoms with Gasteiger partial charge in [-0.2, -0.15) is 5.10 Å². The first-order valence-electron chi connectivity index (χ1n) is 7.84. The number of rotatable bonds is 4. The molecule has 122 valence electrons. The highest BCUT2D eigenvalue weighted by Gasteiger charge is 2.28. The molecule has 1 aromatic carbocycles. The Balaban J connectivity index is 1.81. The molecule has 1 atom stereocenters. The van der Waals surface area contributed by atoms with E-state index < -0.39 is 0 Å². The van der Waals surface area contributed by atoms with Gasteiger partial charge in [0, 0.05) is 18.1 Å². The van der Waals surface area contributed by atoms with E-state index in [9.17, 15) is 4.79 Å². The predicted molar refractivity (Wildman–Crippen MR) is 91.2 cm³/mol. The number of hydrogen-bond donors (Lipinski definition) is 1. The molecule has 1 N–H and O–H groups in total. The molecule has 0 bridgehead atoms. The van der Waals surface area contributed by atoms with Gasteiger partial charge in [-0.05, 0) is 51.1 Å². The van der Waals surface area contributed by atoms with Crippen LogP contribution in [0.5, 0.6) is 0 Å². The van der Waals surface area contributed by atoms with Crippen LogP contribution in [0.2, 0.25) is 5.02 Å². The molecule has 0 aliphatic carbocycles. The smallest absolute Gasteiger partial charge is 0.257 e. The Labute approximate surface area is 141 Å². The molecular weight excluding hydrogens is 312 g/mol. The third-order valence-electron chi connectivity index (χ3n) is 4.36. The molecule has 2 heterocycles. The van der Waals surface area contributed by atoms with E-state index in [1.54, 1.807) is 10.9 Å². The minimum Gasteiger partial charge on any atom is -0.338 e. The lowest BCUT2D eigenvalue weighted by atomic mass is 10.1. The third-order valence-corrected chi connectivity index (χ3v) is 4.59. The average Bonchev–Trinajstić information content (AvgIpc) is 3.14. The fourth-order valence-corrected chi connectivity index (χ4v) is 3.32. The van der Waals surface area contributed by atoms with Crippen molar-refractivity contribution in [3.05, 3.63) is 46.7 Å². The van der Waals surface area contributed by atoms with E-state index in [2.05, 4.69) is 10.4 Å². The molecule has 6 heteroatoms. The predicted octanol–water partition coefficient (Wildman–Crippen LogP) is 2.52. The van der Waals surface area contributed by atoms with Crippen molar-refractivity contribution in [1.82, 2.24) is 20.0 Å². The van der Waals surface area contributed by atoms with Gasteiger partial charge in [0.1, 0.15) is 0 Å². The lowest BCUT2D eigenvalue weighted by Gasteiger charge is -2.16. The Morgan fingerprint density at radius 2 is 2.30 bits per heavy atom. The van der Waals surface area contributed by atoms with E-state index in [1.165, 1.54) is 0 Å². The van der Waals surface area contributed by atoms with E-state index in [0.29, 0.717) is 16.5 Å². The molecule has 0 unspecified atom stereocenters. The minimum absolute atomic E-state index is 0.0642. The number of carbonyl (C=O) groups excluding carboxylic acids is 1. The van der Waals surface area contributed by atoms with Gasteiger partial charge in [0.05, 0.1) is 23.1 Å². The van der Waals surface area contributed by atoms with Crippen LogP contribution in [0, 0.1) is 12.8 Å². The number of nitrogens with zero attached hydrogens (tertiary/aromatic N) is 3. The molecule has 0 radical (unpaired) electrons. The summed E-state index contributed by atoms with van der Waals surface area (Å²) in [5, 5.41) is 8.21. The van der Waals surface area contributed by atoms with Crippen molar-refractivity contribution >= 4 is 17.5 Å². The zero-order chi connectivity index (χ0) is 16.4. The maximum Gasteiger partial charge on any atom is 0.257 e. The summed E-state index contributed by atoms with van der Waals surface area (Å²) < 4.78 is 1.76. The lowest BCUT2D eigenvalue weighted by Crippen LogP contribution is -2.30. The Hall–Kier alpha value is -1.85. The van der Waals surface area contributed by atoms with Crippen LogP contribution in [0.4, 0.5) is 0 Å². The van der Waals surface area contributed by atoms with Crippen LogP contribution in [0.3, 0.4) is 0 Å². The summed E-state index contributed by atoms with van der Waals surface area (Å²) in [7, 11) is 1.95. The molecule has 3 rings (SSSR count). The van der Waals surface area contributed by atoms with Crippen molar-refractivity contribution in [2.75, 3.05) is 26.7 Å². The van der Waals surface area contributed by atoms with Crippen LogP contribution >= 0.6 is 11.6 Å². The van der Waals surface area contributed by atoms with Crippen LogP contribution in [0.15, 0.2) is 30.5 Å². The normalized spacial score (nSPS) is 17.7. The molecule has 1 aromatic heterocycles. The molecule has 5 nitrogen and oxygen atoms in total. The van der Waals surface area contributed by atoms with Crippen LogP contribution < -0.4 is 5.32 Å². The second-order valence-corrected chi connectivity index (χ2v) is 6.44. The molecule has 1 fully saturated rings. The Morgan fingerprint density at radius 1 is 1.48 bits per heavy atom. The number of aromatic nitrogens is 2. The van der Waals surface area contributed by atoms with E-state index in [1.807, 2.05) is 43.1 Å². The zero-order valence-corrected chi connectivity index (χ0v) is 14.2. The standard InChI is InChI=1S/C17H21ClN4O/c1-12-16(17(23)21-7-6-13(11-21)9-19-2)10-20-22(12)15-5-3-4-14(18)8-15/h3-5,8,10,13,19H,6-7,9,11H2,1-2H3/t13-/m1/s1. The van der Waals surface area contributed by atoms with Gasteiger partial charge in [-0.25, -0.2) is 4.68 Å². The minimum atomic E-state index is 0.0642. The quantitative estimate of drug-likeness (QED) is 0.936. The van der Waals surface area contributed by atoms with Gasteiger partial charge in [-0.1, -0.05) is 17.7 Å². The van der Waals surface area contributed by atoms with Gasteiger partial charge >= 0.3 is 0 Å². The molecule has 2 aromatic rings. The third kappa shape index (κ3) is 3.26. The number of carbonyl (C=O) groups is 1. The number of halogens is 1. The molecule has 1 aliphatic rings. The van der Waals surface area contributed by atoms with Gasteiger partial charge in [-0.3, -0.25) is 4.79 Å². The van der Waals surface area contributed by atoms with Crippen LogP contribution in [-0.4, -0.2) is 47.3 Å². The molecule has 0 saturated carbocycles. The largest absolute Gasteiger partial charge is 0.338 e. The molecule has 23 heavy (non-hydrogen) atoms. The van der Waals surface area contributed by atoms with Gasteiger partial charge in [0.15, 0.2) is 0 Å². The summed E-state index contributed by atoms with van der Waals surface area (Å²) in [6.45, 7) is 4.49. The maximum absolute atomic E-state index is 12.8. The Bertz CT molecular complexity index is 712. The monoisotopic (exact) mass is 332 g/mol. The summed E-state index contributed by atoms with van der Waals surface area (Å²) in [4.78, 5) is 14.7. The summed E-state index contributed by atoms with van der Waals surface area (Å²) in [5.74, 6) is 0.599. The average molecular weight is 333 g/mol. The highest BCUT2D eigenvalue weighted by Crippen LogP contribution is 2.22. The van der Waals surface area contributed by atoms with Gasteiger partial charge in [-0.15, -0.1) is 0 Å².